The Morgan fingerprint density at radius 1 is 1.30 bits per heavy atom. The Bertz CT molecular complexity index is 763. The van der Waals surface area contributed by atoms with Crippen LogP contribution in [0.1, 0.15) is 6.42 Å². The summed E-state index contributed by atoms with van der Waals surface area (Å²) in [6, 6.07) is 7.06. The Hall–Kier alpha value is -2.98. The zero-order valence-corrected chi connectivity index (χ0v) is 12.4. The lowest BCUT2D eigenvalue weighted by molar-refractivity contribution is -0.121. The van der Waals surface area contributed by atoms with Crippen molar-refractivity contribution < 1.29 is 4.79 Å². The molecule has 23 heavy (non-hydrogen) atoms. The molecule has 0 unspecified atom stereocenters. The molecule has 1 aliphatic rings. The molecule has 2 aromatic heterocycles. The summed E-state index contributed by atoms with van der Waals surface area (Å²) >= 11 is 0. The Kier molecular flexibility index (Phi) is 4.17. The highest BCUT2D eigenvalue weighted by atomic mass is 16.2. The molecule has 1 saturated heterocycles. The zero-order valence-electron chi connectivity index (χ0n) is 12.4. The number of nitrogens with zero attached hydrogens (tertiary/aromatic N) is 4. The first-order valence-electron chi connectivity index (χ1n) is 7.31. The third kappa shape index (κ3) is 3.12. The average Bonchev–Trinajstić information content (AvgIpc) is 3.10. The van der Waals surface area contributed by atoms with E-state index in [1.807, 2.05) is 12.3 Å². The SMILES string of the molecule is N#CN(C(=O)[C@H]1CCNC1)c1cc(-c2ccnc(N)c2)ccn1. The van der Waals surface area contributed by atoms with E-state index in [-0.39, 0.29) is 11.8 Å². The van der Waals surface area contributed by atoms with E-state index in [1.54, 1.807) is 30.6 Å². The van der Waals surface area contributed by atoms with Crippen molar-refractivity contribution in [3.05, 3.63) is 36.7 Å². The van der Waals surface area contributed by atoms with Gasteiger partial charge in [0.2, 0.25) is 5.91 Å². The van der Waals surface area contributed by atoms with E-state index in [4.69, 9.17) is 5.73 Å². The van der Waals surface area contributed by atoms with Gasteiger partial charge in [-0.15, -0.1) is 0 Å². The van der Waals surface area contributed by atoms with Crippen LogP contribution in [0.25, 0.3) is 11.1 Å². The maximum Gasteiger partial charge on any atom is 0.246 e. The first-order valence-corrected chi connectivity index (χ1v) is 7.31. The molecule has 0 aromatic carbocycles. The second-order valence-electron chi connectivity index (χ2n) is 5.34. The quantitative estimate of drug-likeness (QED) is 0.650. The molecule has 1 aliphatic heterocycles. The van der Waals surface area contributed by atoms with Gasteiger partial charge in [-0.2, -0.15) is 10.2 Å². The monoisotopic (exact) mass is 308 g/mol. The molecule has 0 bridgehead atoms. The molecular formula is C16H16N6O. The van der Waals surface area contributed by atoms with Crippen LogP contribution in [-0.4, -0.2) is 29.0 Å². The van der Waals surface area contributed by atoms with Crippen LogP contribution in [-0.2, 0) is 4.79 Å². The second-order valence-corrected chi connectivity index (χ2v) is 5.34. The van der Waals surface area contributed by atoms with Crippen LogP contribution in [0.4, 0.5) is 11.6 Å². The van der Waals surface area contributed by atoms with E-state index in [1.165, 1.54) is 0 Å². The number of pyridine rings is 2. The summed E-state index contributed by atoms with van der Waals surface area (Å²) in [5.41, 5.74) is 7.38. The topological polar surface area (TPSA) is 108 Å². The third-order valence-electron chi connectivity index (χ3n) is 3.82. The first kappa shape index (κ1) is 14.9. The highest BCUT2D eigenvalue weighted by Gasteiger charge is 2.29. The van der Waals surface area contributed by atoms with Gasteiger partial charge in [-0.05, 0) is 48.4 Å². The minimum Gasteiger partial charge on any atom is -0.384 e. The summed E-state index contributed by atoms with van der Waals surface area (Å²) in [6.07, 6.45) is 5.86. The molecule has 0 aliphatic carbocycles. The number of aromatic nitrogens is 2. The van der Waals surface area contributed by atoms with E-state index >= 15 is 0 Å². The van der Waals surface area contributed by atoms with Crippen LogP contribution in [0.2, 0.25) is 0 Å². The number of nitrogen functional groups attached to an aromatic ring is 1. The number of hydrogen-bond donors (Lipinski definition) is 2. The summed E-state index contributed by atoms with van der Waals surface area (Å²) < 4.78 is 0. The van der Waals surface area contributed by atoms with Crippen molar-refractivity contribution >= 4 is 17.5 Å². The van der Waals surface area contributed by atoms with Crippen LogP contribution in [0.15, 0.2) is 36.7 Å². The fraction of sp³-hybridized carbons (Fsp3) is 0.250. The Morgan fingerprint density at radius 3 is 2.70 bits per heavy atom. The van der Waals surface area contributed by atoms with Gasteiger partial charge < -0.3 is 11.1 Å². The van der Waals surface area contributed by atoms with Crippen LogP contribution >= 0.6 is 0 Å². The van der Waals surface area contributed by atoms with Crippen molar-refractivity contribution in [2.24, 2.45) is 5.92 Å². The first-order chi connectivity index (χ1) is 11.2. The molecule has 1 fully saturated rings. The van der Waals surface area contributed by atoms with Gasteiger partial charge in [0.1, 0.15) is 11.6 Å². The Balaban J connectivity index is 1.91. The number of nitrogens with one attached hydrogen (secondary N) is 1. The van der Waals surface area contributed by atoms with Gasteiger partial charge in [0.25, 0.3) is 0 Å². The highest BCUT2D eigenvalue weighted by Crippen LogP contribution is 2.25. The maximum absolute atomic E-state index is 12.5. The minimum absolute atomic E-state index is 0.184. The Labute approximate surface area is 133 Å². The molecule has 0 radical (unpaired) electrons. The van der Waals surface area contributed by atoms with Gasteiger partial charge in [-0.3, -0.25) is 4.79 Å². The molecule has 3 rings (SSSR count). The molecule has 3 heterocycles. The lowest BCUT2D eigenvalue weighted by Gasteiger charge is -2.17. The van der Waals surface area contributed by atoms with Crippen molar-refractivity contribution in [2.45, 2.75) is 6.42 Å². The van der Waals surface area contributed by atoms with E-state index in [0.29, 0.717) is 18.2 Å². The van der Waals surface area contributed by atoms with Crippen molar-refractivity contribution in [2.75, 3.05) is 23.7 Å². The maximum atomic E-state index is 12.5. The molecule has 0 spiro atoms. The molecule has 0 saturated carbocycles. The molecule has 116 valence electrons. The smallest absolute Gasteiger partial charge is 0.246 e. The van der Waals surface area contributed by atoms with Gasteiger partial charge in [0, 0.05) is 18.9 Å². The summed E-state index contributed by atoms with van der Waals surface area (Å²) in [7, 11) is 0. The molecule has 3 N–H and O–H groups in total. The van der Waals surface area contributed by atoms with E-state index < -0.39 is 0 Å². The molecular weight excluding hydrogens is 292 g/mol. The predicted molar refractivity (Wildman–Crippen MR) is 86.0 cm³/mol. The second kappa shape index (κ2) is 6.42. The van der Waals surface area contributed by atoms with E-state index in [2.05, 4.69) is 15.3 Å². The molecule has 7 heteroatoms. The van der Waals surface area contributed by atoms with E-state index in [0.717, 1.165) is 29.0 Å². The van der Waals surface area contributed by atoms with Crippen molar-refractivity contribution in [3.8, 4) is 17.3 Å². The molecule has 1 atom stereocenters. The number of carbonyl (C=O) groups excluding carboxylic acids is 1. The number of nitrogens with two attached hydrogens (primary N) is 1. The zero-order chi connectivity index (χ0) is 16.2. The summed E-state index contributed by atoms with van der Waals surface area (Å²) in [6.45, 7) is 1.39. The molecule has 7 nitrogen and oxygen atoms in total. The largest absolute Gasteiger partial charge is 0.384 e. The number of amides is 1. The normalized spacial score (nSPS) is 16.7. The summed E-state index contributed by atoms with van der Waals surface area (Å²) in [5, 5.41) is 12.5. The van der Waals surface area contributed by atoms with Gasteiger partial charge in [0.05, 0.1) is 5.92 Å². The third-order valence-corrected chi connectivity index (χ3v) is 3.82. The number of hydrogen-bond acceptors (Lipinski definition) is 6. The van der Waals surface area contributed by atoms with Crippen molar-refractivity contribution in [1.29, 1.82) is 5.26 Å². The van der Waals surface area contributed by atoms with Gasteiger partial charge in [0.15, 0.2) is 6.19 Å². The van der Waals surface area contributed by atoms with E-state index in [9.17, 15) is 10.1 Å². The number of carbonyl (C=O) groups is 1. The standard InChI is InChI=1S/C16H16N6O/c17-10-22(16(23)13-1-4-19-9-13)15-8-12(3-6-21-15)11-2-5-20-14(18)7-11/h2-3,5-8,13,19H,1,4,9H2,(H2,18,20)/t13-/m0/s1. The fourth-order valence-electron chi connectivity index (χ4n) is 2.61. The predicted octanol–water partition coefficient (Wildman–Crippen LogP) is 1.15. The fourth-order valence-corrected chi connectivity index (χ4v) is 2.61. The Morgan fingerprint density at radius 2 is 2.04 bits per heavy atom. The van der Waals surface area contributed by atoms with Crippen LogP contribution in [0.5, 0.6) is 0 Å². The van der Waals surface area contributed by atoms with Crippen LogP contribution in [0.3, 0.4) is 0 Å². The summed E-state index contributed by atoms with van der Waals surface area (Å²) in [5.74, 6) is 0.316. The van der Waals surface area contributed by atoms with Gasteiger partial charge in [-0.25, -0.2) is 9.97 Å². The lowest BCUT2D eigenvalue weighted by Crippen LogP contribution is -2.34. The van der Waals surface area contributed by atoms with Crippen molar-refractivity contribution in [1.82, 2.24) is 15.3 Å². The number of rotatable bonds is 3. The minimum atomic E-state index is -0.226. The van der Waals surface area contributed by atoms with Gasteiger partial charge >= 0.3 is 0 Å². The van der Waals surface area contributed by atoms with Crippen molar-refractivity contribution in [3.63, 3.8) is 0 Å². The molecule has 1 amide bonds. The number of anilines is 2. The summed E-state index contributed by atoms with van der Waals surface area (Å²) in [4.78, 5) is 21.7. The van der Waals surface area contributed by atoms with Crippen LogP contribution < -0.4 is 16.0 Å². The van der Waals surface area contributed by atoms with Crippen LogP contribution in [0, 0.1) is 17.4 Å². The number of nitriles is 1. The lowest BCUT2D eigenvalue weighted by atomic mass is 10.1. The highest BCUT2D eigenvalue weighted by molar-refractivity contribution is 5.97. The molecule has 2 aromatic rings. The average molecular weight is 308 g/mol. The van der Waals surface area contributed by atoms with Gasteiger partial charge in [-0.1, -0.05) is 0 Å².